The largest absolute Gasteiger partial charge is 0.496 e. The molecule has 0 unspecified atom stereocenters. The molecule has 3 N–H and O–H groups in total. The van der Waals surface area contributed by atoms with E-state index in [9.17, 15) is 9.59 Å². The van der Waals surface area contributed by atoms with Crippen molar-refractivity contribution < 1.29 is 19.1 Å². The molecule has 0 atom stereocenters. The number of methoxy groups -OCH3 is 2. The van der Waals surface area contributed by atoms with Gasteiger partial charge in [-0.2, -0.15) is 0 Å². The van der Waals surface area contributed by atoms with E-state index in [2.05, 4.69) is 22.3 Å². The molecule has 0 saturated carbocycles. The number of nitrogens with two attached hydrogens (primary N) is 1. The Morgan fingerprint density at radius 3 is 2.39 bits per heavy atom. The zero-order valence-corrected chi connectivity index (χ0v) is 21.2. The lowest BCUT2D eigenvalue weighted by atomic mass is 9.98. The lowest BCUT2D eigenvalue weighted by molar-refractivity contribution is 0.0601. The number of ether oxygens (including phenoxy) is 2. The predicted octanol–water partition coefficient (Wildman–Crippen LogP) is 4.78. The Labute approximate surface area is 216 Å². The van der Waals surface area contributed by atoms with Gasteiger partial charge >= 0.3 is 5.97 Å². The zero-order valence-electron chi connectivity index (χ0n) is 20.4. The number of nitrogens with one attached hydrogen (secondary N) is 1. The van der Waals surface area contributed by atoms with Crippen molar-refractivity contribution in [3.8, 4) is 16.9 Å². The monoisotopic (exact) mass is 507 g/mol. The molecule has 1 amide bonds. The van der Waals surface area contributed by atoms with Crippen LogP contribution in [0, 0.1) is 0 Å². The Morgan fingerprint density at radius 1 is 1.03 bits per heavy atom. The summed E-state index contributed by atoms with van der Waals surface area (Å²) in [5.41, 5.74) is 10.1. The second-order valence-electron chi connectivity index (χ2n) is 8.83. The van der Waals surface area contributed by atoms with Gasteiger partial charge in [-0.25, -0.2) is 4.79 Å². The topological polar surface area (TPSA) is 93.9 Å². The van der Waals surface area contributed by atoms with Crippen molar-refractivity contribution >= 4 is 29.2 Å². The van der Waals surface area contributed by atoms with Gasteiger partial charge in [0.1, 0.15) is 5.75 Å². The lowest BCUT2D eigenvalue weighted by Gasteiger charge is -2.32. The average molecular weight is 508 g/mol. The molecule has 1 aliphatic rings. The molecule has 0 radical (unpaired) electrons. The summed E-state index contributed by atoms with van der Waals surface area (Å²) in [7, 11) is 2.89. The Kier molecular flexibility index (Phi) is 8.13. The van der Waals surface area contributed by atoms with Gasteiger partial charge < -0.3 is 20.5 Å². The molecule has 0 aromatic heterocycles. The fourth-order valence-corrected chi connectivity index (χ4v) is 4.65. The van der Waals surface area contributed by atoms with E-state index < -0.39 is 0 Å². The van der Waals surface area contributed by atoms with E-state index in [-0.39, 0.29) is 17.9 Å². The van der Waals surface area contributed by atoms with E-state index in [4.69, 9.17) is 26.8 Å². The maximum absolute atomic E-state index is 12.8. The van der Waals surface area contributed by atoms with Crippen LogP contribution in [-0.4, -0.2) is 50.1 Å². The SMILES string of the molecule is COC(=O)c1ccccc1-c1ccc(CN2CCC(NC(=O)c3cc(Cl)c(N)cc3OC)CC2)cc1. The van der Waals surface area contributed by atoms with Crippen LogP contribution in [0.15, 0.2) is 60.7 Å². The van der Waals surface area contributed by atoms with Crippen LogP contribution in [0.3, 0.4) is 0 Å². The molecule has 3 aromatic carbocycles. The van der Waals surface area contributed by atoms with Crippen molar-refractivity contribution in [2.24, 2.45) is 0 Å². The third-order valence-electron chi connectivity index (χ3n) is 6.49. The van der Waals surface area contributed by atoms with E-state index >= 15 is 0 Å². The molecule has 3 aromatic rings. The number of carbonyl (C=O) groups excluding carboxylic acids is 2. The predicted molar refractivity (Wildman–Crippen MR) is 141 cm³/mol. The molecule has 0 spiro atoms. The number of nitrogens with zero attached hydrogens (tertiary/aromatic N) is 1. The van der Waals surface area contributed by atoms with Crippen LogP contribution in [0.1, 0.15) is 39.1 Å². The van der Waals surface area contributed by atoms with Crippen LogP contribution in [0.25, 0.3) is 11.1 Å². The van der Waals surface area contributed by atoms with Crippen LogP contribution in [-0.2, 0) is 11.3 Å². The summed E-state index contributed by atoms with van der Waals surface area (Å²) in [5, 5.41) is 3.43. The second-order valence-corrected chi connectivity index (χ2v) is 9.24. The minimum atomic E-state index is -0.345. The highest BCUT2D eigenvalue weighted by Crippen LogP contribution is 2.29. The normalized spacial score (nSPS) is 14.3. The van der Waals surface area contributed by atoms with Crippen LogP contribution < -0.4 is 15.8 Å². The van der Waals surface area contributed by atoms with Gasteiger partial charge in [0.25, 0.3) is 5.91 Å². The van der Waals surface area contributed by atoms with Crippen LogP contribution in [0.2, 0.25) is 5.02 Å². The quantitative estimate of drug-likeness (QED) is 0.353. The molecule has 188 valence electrons. The molecule has 1 heterocycles. The lowest BCUT2D eigenvalue weighted by Crippen LogP contribution is -2.44. The number of carbonyl (C=O) groups is 2. The smallest absolute Gasteiger partial charge is 0.338 e. The van der Waals surface area contributed by atoms with Crippen LogP contribution in [0.5, 0.6) is 5.75 Å². The summed E-state index contributed by atoms with van der Waals surface area (Å²) >= 11 is 6.11. The van der Waals surface area contributed by atoms with Crippen molar-refractivity contribution in [2.75, 3.05) is 33.0 Å². The van der Waals surface area contributed by atoms with E-state index in [0.717, 1.165) is 43.6 Å². The molecule has 0 aliphatic carbocycles. The van der Waals surface area contributed by atoms with E-state index in [1.165, 1.54) is 19.8 Å². The Balaban J connectivity index is 1.33. The second kappa shape index (κ2) is 11.5. The number of piperidine rings is 1. The first kappa shape index (κ1) is 25.5. The first-order valence-electron chi connectivity index (χ1n) is 11.8. The Hall–Kier alpha value is -3.55. The Bertz CT molecular complexity index is 1240. The summed E-state index contributed by atoms with van der Waals surface area (Å²) in [6, 6.07) is 18.9. The maximum atomic E-state index is 12.8. The molecule has 1 aliphatic heterocycles. The first-order chi connectivity index (χ1) is 17.4. The minimum absolute atomic E-state index is 0.0759. The summed E-state index contributed by atoms with van der Waals surface area (Å²) in [5.74, 6) is -0.151. The number of hydrogen-bond acceptors (Lipinski definition) is 6. The number of hydrogen-bond donors (Lipinski definition) is 2. The minimum Gasteiger partial charge on any atom is -0.496 e. The highest BCUT2D eigenvalue weighted by Gasteiger charge is 2.23. The molecular weight excluding hydrogens is 478 g/mol. The Morgan fingerprint density at radius 2 is 1.72 bits per heavy atom. The number of benzene rings is 3. The maximum Gasteiger partial charge on any atom is 0.338 e. The summed E-state index contributed by atoms with van der Waals surface area (Å²) in [4.78, 5) is 27.3. The van der Waals surface area contributed by atoms with Crippen molar-refractivity contribution in [3.05, 3.63) is 82.4 Å². The molecule has 1 fully saturated rings. The fraction of sp³-hybridized carbons (Fsp3) is 0.286. The van der Waals surface area contributed by atoms with Gasteiger partial charge in [0.15, 0.2) is 0 Å². The van der Waals surface area contributed by atoms with Gasteiger partial charge in [-0.05, 0) is 41.7 Å². The average Bonchev–Trinajstić information content (AvgIpc) is 2.91. The highest BCUT2D eigenvalue weighted by molar-refractivity contribution is 6.33. The number of likely N-dealkylation sites (tertiary alicyclic amines) is 1. The summed E-state index contributed by atoms with van der Waals surface area (Å²) in [6.07, 6.45) is 1.70. The number of halogens is 1. The van der Waals surface area contributed by atoms with Gasteiger partial charge in [0.2, 0.25) is 0 Å². The highest BCUT2D eigenvalue weighted by atomic mass is 35.5. The number of anilines is 1. The molecule has 8 heteroatoms. The van der Waals surface area contributed by atoms with Crippen molar-refractivity contribution in [2.45, 2.75) is 25.4 Å². The van der Waals surface area contributed by atoms with Gasteiger partial charge in [-0.1, -0.05) is 54.1 Å². The number of nitrogen functional groups attached to an aromatic ring is 1. The third kappa shape index (κ3) is 5.80. The van der Waals surface area contributed by atoms with Crippen LogP contribution in [0.4, 0.5) is 5.69 Å². The number of rotatable bonds is 7. The van der Waals surface area contributed by atoms with Gasteiger partial charge in [-0.3, -0.25) is 9.69 Å². The van der Waals surface area contributed by atoms with E-state index in [1.54, 1.807) is 18.2 Å². The van der Waals surface area contributed by atoms with Gasteiger partial charge in [0.05, 0.1) is 36.1 Å². The van der Waals surface area contributed by atoms with Crippen LogP contribution >= 0.6 is 11.6 Å². The third-order valence-corrected chi connectivity index (χ3v) is 6.82. The van der Waals surface area contributed by atoms with E-state index in [1.807, 2.05) is 30.3 Å². The van der Waals surface area contributed by atoms with Crippen molar-refractivity contribution in [1.29, 1.82) is 0 Å². The summed E-state index contributed by atoms with van der Waals surface area (Å²) < 4.78 is 10.2. The molecule has 7 nitrogen and oxygen atoms in total. The standard InChI is InChI=1S/C28H30ClN3O4/c1-35-26-16-25(30)24(29)15-23(26)27(33)31-20-11-13-32(14-12-20)17-18-7-9-19(10-8-18)21-5-3-4-6-22(21)28(34)36-2/h3-10,15-16,20H,11-14,17,30H2,1-2H3,(H,31,33). The molecule has 36 heavy (non-hydrogen) atoms. The first-order valence-corrected chi connectivity index (χ1v) is 12.2. The molecule has 4 rings (SSSR count). The molecule has 0 bridgehead atoms. The van der Waals surface area contributed by atoms with Crippen molar-refractivity contribution in [1.82, 2.24) is 10.2 Å². The number of esters is 1. The van der Waals surface area contributed by atoms with Crippen molar-refractivity contribution in [3.63, 3.8) is 0 Å². The molecular formula is C28H30ClN3O4. The van der Waals surface area contributed by atoms with Gasteiger partial charge in [0, 0.05) is 31.7 Å². The fourth-order valence-electron chi connectivity index (χ4n) is 4.48. The molecule has 1 saturated heterocycles. The zero-order chi connectivity index (χ0) is 25.7. The summed E-state index contributed by atoms with van der Waals surface area (Å²) in [6.45, 7) is 2.57. The van der Waals surface area contributed by atoms with Gasteiger partial charge in [-0.15, -0.1) is 0 Å². The number of amides is 1. The van der Waals surface area contributed by atoms with E-state index in [0.29, 0.717) is 27.6 Å².